The van der Waals surface area contributed by atoms with Gasteiger partial charge in [-0.25, -0.2) is 35.1 Å². The average Bonchev–Trinajstić information content (AvgIpc) is 0.831. The minimum atomic E-state index is -3.47. The lowest BCUT2D eigenvalue weighted by Gasteiger charge is -2.40. The average molecular weight is 1440 g/mol. The van der Waals surface area contributed by atoms with Crippen LogP contribution in [-0.4, -0.2) is 144 Å². The predicted molar refractivity (Wildman–Crippen MR) is 352 cm³/mol. The van der Waals surface area contributed by atoms with Crippen LogP contribution in [0.1, 0.15) is 259 Å². The second kappa shape index (κ2) is 38.5. The molecule has 12 aliphatic rings. The van der Waals surface area contributed by atoms with Crippen LogP contribution in [0.5, 0.6) is 0 Å². The molecule has 8 nitrogen and oxygen atoms in total. The molecule has 0 spiro atoms. The van der Waals surface area contributed by atoms with Gasteiger partial charge in [0.2, 0.25) is 0 Å². The van der Waals surface area contributed by atoms with Gasteiger partial charge in [-0.05, 0) is 233 Å². The van der Waals surface area contributed by atoms with Crippen molar-refractivity contribution < 1.29 is 99.4 Å². The predicted octanol–water partition coefficient (Wildman–Crippen LogP) is 21.6. The highest BCUT2D eigenvalue weighted by Crippen LogP contribution is 2.49. The Morgan fingerprint density at radius 3 is 0.990 bits per heavy atom. The minimum absolute atomic E-state index is 0.0356. The molecule has 0 aromatic heterocycles. The molecule has 3 aliphatic heterocycles. The monoisotopic (exact) mass is 1440 g/mol. The first-order valence-corrected chi connectivity index (χ1v) is 39.4. The summed E-state index contributed by atoms with van der Waals surface area (Å²) in [6.07, 6.45) is -4.04. The third kappa shape index (κ3) is 24.6. The molecule has 12 fully saturated rings. The van der Waals surface area contributed by atoms with E-state index in [1.54, 1.807) is 0 Å². The van der Waals surface area contributed by atoms with Crippen molar-refractivity contribution in [2.45, 2.75) is 370 Å². The lowest BCUT2D eigenvalue weighted by Crippen LogP contribution is -2.46. The quantitative estimate of drug-likeness (QED) is 0.142. The molecule has 11 atom stereocenters. The van der Waals surface area contributed by atoms with Crippen LogP contribution in [0.15, 0.2) is 0 Å². The summed E-state index contributed by atoms with van der Waals surface area (Å²) in [5.41, 5.74) is 0. The molecular formula is C77H124F14O8. The standard InChI is InChI=1S/C21H38O.C19H29F5O2.C19H30F4O2.C18H27F5O3/c1-16-3-9-19(10-4-16)20-11-7-18(8-12-20)15-22-21-13-5-17(2)6-14-21;1-11-2-7-17(25-10-11)12-3-5-13(6-4-12)19(23,24)26-14-8-15(20)18(22)16(21)9-14;1-12-2-9-18(24-11-12)13-3-5-14(6-4-13)19(22,23)25-15-7-8-16(20)17(21)10-15;1-10-8-24-17(25-9-10)11-2-4-12(5-3-11)18(22,23)26-13-6-14(19)16(21)15(20)7-13/h16-21H,3-15H2,1-2H3;11-18H,2-10H2,1H3;12-18H,2-11H2,1H3;10-17H,2-9H2,1H3. The Labute approximate surface area is 583 Å². The maximum atomic E-state index is 14.5. The Kier molecular flexibility index (Phi) is 31.8. The normalized spacial score (nSPS) is 44.7. The van der Waals surface area contributed by atoms with Crippen LogP contribution in [0, 0.1) is 82.9 Å². The third-order valence-corrected chi connectivity index (χ3v) is 25.4. The van der Waals surface area contributed by atoms with Gasteiger partial charge in [0, 0.05) is 63.8 Å². The van der Waals surface area contributed by atoms with Crippen molar-refractivity contribution in [1.82, 2.24) is 0 Å². The van der Waals surface area contributed by atoms with Crippen LogP contribution in [0.2, 0.25) is 0 Å². The summed E-state index contributed by atoms with van der Waals surface area (Å²) >= 11 is 0. The van der Waals surface area contributed by atoms with E-state index in [-0.39, 0.29) is 56.5 Å². The Hall–Kier alpha value is -1.30. The van der Waals surface area contributed by atoms with E-state index in [2.05, 4.69) is 27.7 Å². The fraction of sp³-hybridized carbons (Fsp3) is 1.00. The zero-order valence-corrected chi connectivity index (χ0v) is 60.1. The molecule has 0 aromatic carbocycles. The van der Waals surface area contributed by atoms with E-state index in [4.69, 9.17) is 37.9 Å². The van der Waals surface area contributed by atoms with Gasteiger partial charge in [0.05, 0.1) is 67.6 Å². The molecule has 22 heteroatoms. The lowest BCUT2D eigenvalue weighted by molar-refractivity contribution is -0.309. The molecule has 0 radical (unpaired) electrons. The smallest absolute Gasteiger partial charge is 0.358 e. The first-order valence-electron chi connectivity index (χ1n) is 39.4. The van der Waals surface area contributed by atoms with Gasteiger partial charge in [0.15, 0.2) is 18.6 Å². The molecule has 0 amide bonds. The molecule has 0 aromatic rings. The van der Waals surface area contributed by atoms with Gasteiger partial charge < -0.3 is 37.9 Å². The Morgan fingerprint density at radius 2 is 0.606 bits per heavy atom. The van der Waals surface area contributed by atoms with Crippen molar-refractivity contribution in [2.24, 2.45) is 82.9 Å². The number of rotatable bonds is 16. The third-order valence-electron chi connectivity index (χ3n) is 25.4. The largest absolute Gasteiger partial charge is 0.378 e. The molecule has 0 N–H and O–H groups in total. The van der Waals surface area contributed by atoms with Crippen molar-refractivity contribution in [2.75, 3.05) is 33.0 Å². The highest BCUT2D eigenvalue weighted by molar-refractivity contribution is 4.93. The molecule has 9 aliphatic carbocycles. The van der Waals surface area contributed by atoms with Gasteiger partial charge >= 0.3 is 18.3 Å². The molecule has 0 bridgehead atoms. The number of hydrogen-bond donors (Lipinski definition) is 0. The first-order chi connectivity index (χ1) is 47.1. The Morgan fingerprint density at radius 1 is 0.283 bits per heavy atom. The summed E-state index contributed by atoms with van der Waals surface area (Å²) in [4.78, 5) is 0. The number of ether oxygens (including phenoxy) is 8. The summed E-state index contributed by atoms with van der Waals surface area (Å²) < 4.78 is 237. The SMILES string of the molecule is CC1CCC(C2CCC(C(F)(F)OC3CC(F)C(F)C(F)C3)CC2)OC1.CC1CCC(C2CCC(C(F)(F)OC3CCC(F)C(F)C3)CC2)OC1.CC1CCC(OCC2CCC(C3CCC(C)CC3)CC2)CC1.CC1COC(C2CCC(C(F)(F)OC3CC(F)C(F)C(F)C3)CC2)OC1. The fourth-order valence-corrected chi connectivity index (χ4v) is 18.5. The number of alkyl halides is 14. The van der Waals surface area contributed by atoms with Crippen molar-refractivity contribution in [3.8, 4) is 0 Å². The number of halogens is 14. The van der Waals surface area contributed by atoms with E-state index < -0.39 is 129 Å². The van der Waals surface area contributed by atoms with Crippen molar-refractivity contribution in [3.63, 3.8) is 0 Å². The van der Waals surface area contributed by atoms with E-state index in [0.717, 1.165) is 87.9 Å². The van der Waals surface area contributed by atoms with Crippen molar-refractivity contribution in [3.05, 3.63) is 0 Å². The summed E-state index contributed by atoms with van der Waals surface area (Å²) in [5, 5.41) is 0. The first kappa shape index (κ1) is 81.8. The van der Waals surface area contributed by atoms with E-state index in [1.807, 2.05) is 6.92 Å². The molecular weight excluding hydrogens is 1320 g/mol. The summed E-state index contributed by atoms with van der Waals surface area (Å²) in [6, 6.07) is 0. The minimum Gasteiger partial charge on any atom is -0.378 e. The molecule has 11 unspecified atom stereocenters. The van der Waals surface area contributed by atoms with Gasteiger partial charge in [-0.3, -0.25) is 0 Å². The van der Waals surface area contributed by atoms with Gasteiger partial charge in [-0.1, -0.05) is 47.5 Å². The maximum absolute atomic E-state index is 14.5. The second-order valence-electron chi connectivity index (χ2n) is 33.7. The van der Waals surface area contributed by atoms with E-state index in [1.165, 1.54) is 77.0 Å². The zero-order chi connectivity index (χ0) is 71.2. The zero-order valence-electron chi connectivity index (χ0n) is 60.1. The molecule has 9 saturated carbocycles. The summed E-state index contributed by atoms with van der Waals surface area (Å²) in [6.45, 7) is 14.9. The van der Waals surface area contributed by atoms with E-state index >= 15 is 0 Å². The Bertz CT molecular complexity index is 2130. The van der Waals surface area contributed by atoms with Gasteiger partial charge in [-0.2, -0.15) is 26.3 Å². The fourth-order valence-electron chi connectivity index (χ4n) is 18.5. The van der Waals surface area contributed by atoms with E-state index in [9.17, 15) is 61.5 Å². The molecule has 12 rings (SSSR count). The van der Waals surface area contributed by atoms with Crippen LogP contribution in [0.3, 0.4) is 0 Å². The Balaban J connectivity index is 0.000000154. The molecule has 578 valence electrons. The van der Waals surface area contributed by atoms with Crippen LogP contribution in [0.25, 0.3) is 0 Å². The van der Waals surface area contributed by atoms with Crippen LogP contribution in [0.4, 0.5) is 61.5 Å². The van der Waals surface area contributed by atoms with Gasteiger partial charge in [0.1, 0.15) is 37.0 Å². The van der Waals surface area contributed by atoms with Crippen LogP contribution in [-0.2, 0) is 37.9 Å². The van der Waals surface area contributed by atoms with Gasteiger partial charge in [0.25, 0.3) is 0 Å². The van der Waals surface area contributed by atoms with Crippen LogP contribution >= 0.6 is 0 Å². The second-order valence-corrected chi connectivity index (χ2v) is 33.7. The van der Waals surface area contributed by atoms with E-state index in [0.29, 0.717) is 100 Å². The number of hydrogen-bond acceptors (Lipinski definition) is 8. The molecule has 99 heavy (non-hydrogen) atoms. The summed E-state index contributed by atoms with van der Waals surface area (Å²) in [7, 11) is 0. The highest BCUT2D eigenvalue weighted by Gasteiger charge is 2.52. The maximum Gasteiger partial charge on any atom is 0.358 e. The molecule has 3 saturated heterocycles. The van der Waals surface area contributed by atoms with Crippen LogP contribution < -0.4 is 0 Å². The summed E-state index contributed by atoms with van der Waals surface area (Å²) in [5.74, 6) is 4.33. The van der Waals surface area contributed by atoms with Gasteiger partial charge in [-0.15, -0.1) is 0 Å². The van der Waals surface area contributed by atoms with Crippen molar-refractivity contribution >= 4 is 0 Å². The lowest BCUT2D eigenvalue weighted by atomic mass is 9.69. The molecule has 3 heterocycles. The van der Waals surface area contributed by atoms with Crippen molar-refractivity contribution in [1.29, 1.82) is 0 Å². The highest BCUT2D eigenvalue weighted by atomic mass is 19.3. The topological polar surface area (TPSA) is 73.8 Å².